The molecule has 0 atom stereocenters. The fourth-order valence-corrected chi connectivity index (χ4v) is 4.93. The molecular formula is C28H14Cl2N2O5. The van der Waals surface area contributed by atoms with E-state index in [4.69, 9.17) is 27.9 Å². The number of carbonyl (C=O) groups excluding carboxylic acids is 4. The van der Waals surface area contributed by atoms with E-state index >= 15 is 0 Å². The van der Waals surface area contributed by atoms with E-state index in [1.54, 1.807) is 84.9 Å². The van der Waals surface area contributed by atoms with Crippen molar-refractivity contribution in [1.29, 1.82) is 0 Å². The number of halogens is 2. The molecule has 4 amide bonds. The van der Waals surface area contributed by atoms with Gasteiger partial charge >= 0.3 is 0 Å². The molecular weight excluding hydrogens is 515 g/mol. The average molecular weight is 529 g/mol. The minimum atomic E-state index is -0.482. The van der Waals surface area contributed by atoms with Gasteiger partial charge in [-0.3, -0.25) is 19.2 Å². The molecule has 37 heavy (non-hydrogen) atoms. The standard InChI is InChI=1S/C28H14Cl2N2O5/c29-21-5-1-3-19-23(21)27(35)31(25(19)33)15-7-11-17(12-8-15)37-18-13-9-16(10-14-18)32-26(34)20-4-2-6-22(30)24(20)28(32)36/h1-14H. The Hall–Kier alpha value is -4.46. The molecule has 0 fully saturated rings. The number of ether oxygens (including phenoxy) is 1. The van der Waals surface area contributed by atoms with E-state index < -0.39 is 23.6 Å². The molecule has 0 aromatic heterocycles. The summed E-state index contributed by atoms with van der Waals surface area (Å²) in [7, 11) is 0. The van der Waals surface area contributed by atoms with Crippen LogP contribution in [0.1, 0.15) is 41.4 Å². The summed E-state index contributed by atoms with van der Waals surface area (Å²) in [6, 6.07) is 22.4. The number of imide groups is 2. The highest BCUT2D eigenvalue weighted by atomic mass is 35.5. The zero-order chi connectivity index (χ0) is 25.8. The Morgan fingerprint density at radius 1 is 0.486 bits per heavy atom. The normalized spacial score (nSPS) is 14.3. The van der Waals surface area contributed by atoms with Gasteiger partial charge in [0.1, 0.15) is 11.5 Å². The van der Waals surface area contributed by atoms with Crippen molar-refractivity contribution < 1.29 is 23.9 Å². The predicted octanol–water partition coefficient (Wildman–Crippen LogP) is 6.39. The molecule has 0 saturated carbocycles. The lowest BCUT2D eigenvalue weighted by molar-refractivity contribution is 0.0910. The number of rotatable bonds is 4. The number of nitrogens with zero attached hydrogens (tertiary/aromatic N) is 2. The van der Waals surface area contributed by atoms with Crippen molar-refractivity contribution in [2.75, 3.05) is 9.80 Å². The van der Waals surface area contributed by atoms with Crippen molar-refractivity contribution in [2.24, 2.45) is 0 Å². The van der Waals surface area contributed by atoms with Crippen LogP contribution in [0.5, 0.6) is 11.5 Å². The minimum absolute atomic E-state index is 0.190. The van der Waals surface area contributed by atoms with Gasteiger partial charge in [0.15, 0.2) is 0 Å². The van der Waals surface area contributed by atoms with Gasteiger partial charge in [0.2, 0.25) is 0 Å². The molecule has 180 valence electrons. The van der Waals surface area contributed by atoms with Crippen LogP contribution in [0.25, 0.3) is 0 Å². The fourth-order valence-electron chi connectivity index (χ4n) is 4.42. The third kappa shape index (κ3) is 3.59. The largest absolute Gasteiger partial charge is 0.457 e. The Balaban J connectivity index is 1.19. The van der Waals surface area contributed by atoms with Gasteiger partial charge in [0, 0.05) is 0 Å². The minimum Gasteiger partial charge on any atom is -0.457 e. The van der Waals surface area contributed by atoms with E-state index in [0.717, 1.165) is 9.80 Å². The van der Waals surface area contributed by atoms with Crippen LogP contribution in [-0.2, 0) is 0 Å². The molecule has 2 aliphatic heterocycles. The van der Waals surface area contributed by atoms with Crippen LogP contribution in [0.2, 0.25) is 10.0 Å². The molecule has 0 N–H and O–H groups in total. The number of amides is 4. The van der Waals surface area contributed by atoms with Crippen molar-refractivity contribution in [2.45, 2.75) is 0 Å². The van der Waals surface area contributed by atoms with Crippen LogP contribution in [0.15, 0.2) is 84.9 Å². The summed E-state index contributed by atoms with van der Waals surface area (Å²) in [5.41, 5.74) is 1.67. The Labute approximate surface area is 220 Å². The molecule has 2 aliphatic rings. The molecule has 0 bridgehead atoms. The maximum absolute atomic E-state index is 12.8. The van der Waals surface area contributed by atoms with Gasteiger partial charge in [0.05, 0.1) is 43.7 Å². The Morgan fingerprint density at radius 2 is 0.865 bits per heavy atom. The maximum atomic E-state index is 12.8. The summed E-state index contributed by atoms with van der Waals surface area (Å²) in [5, 5.41) is 0.456. The highest BCUT2D eigenvalue weighted by Gasteiger charge is 2.39. The molecule has 0 spiro atoms. The summed E-state index contributed by atoms with van der Waals surface area (Å²) in [6.07, 6.45) is 0. The first-order valence-corrected chi connectivity index (χ1v) is 11.8. The quantitative estimate of drug-likeness (QED) is 0.286. The van der Waals surface area contributed by atoms with Crippen LogP contribution in [0.3, 0.4) is 0 Å². The zero-order valence-electron chi connectivity index (χ0n) is 18.8. The van der Waals surface area contributed by atoms with E-state index in [-0.39, 0.29) is 32.3 Å². The molecule has 4 aromatic carbocycles. The van der Waals surface area contributed by atoms with Crippen molar-refractivity contribution in [3.8, 4) is 11.5 Å². The van der Waals surface area contributed by atoms with Crippen LogP contribution in [0, 0.1) is 0 Å². The van der Waals surface area contributed by atoms with E-state index in [0.29, 0.717) is 22.9 Å². The summed E-state index contributed by atoms with van der Waals surface area (Å²) >= 11 is 12.3. The lowest BCUT2D eigenvalue weighted by Crippen LogP contribution is -2.29. The number of hydrogen-bond acceptors (Lipinski definition) is 5. The third-order valence-corrected chi connectivity index (χ3v) is 6.78. The van der Waals surface area contributed by atoms with Crippen LogP contribution in [-0.4, -0.2) is 23.6 Å². The average Bonchev–Trinajstić information content (AvgIpc) is 3.31. The van der Waals surface area contributed by atoms with E-state index in [9.17, 15) is 19.2 Å². The zero-order valence-corrected chi connectivity index (χ0v) is 20.3. The van der Waals surface area contributed by atoms with Crippen molar-refractivity contribution in [3.63, 3.8) is 0 Å². The SMILES string of the molecule is O=C1c2cccc(Cl)c2C(=O)N1c1ccc(Oc2ccc(N3C(=O)c4cccc(Cl)c4C3=O)cc2)cc1. The van der Waals surface area contributed by atoms with Crippen molar-refractivity contribution in [1.82, 2.24) is 0 Å². The molecule has 2 heterocycles. The number of carbonyl (C=O) groups is 4. The molecule has 0 aliphatic carbocycles. The van der Waals surface area contributed by atoms with E-state index in [1.807, 2.05) is 0 Å². The molecule has 7 nitrogen and oxygen atoms in total. The van der Waals surface area contributed by atoms with Gasteiger partial charge in [0.25, 0.3) is 23.6 Å². The van der Waals surface area contributed by atoms with E-state index in [1.165, 1.54) is 0 Å². The lowest BCUT2D eigenvalue weighted by Gasteiger charge is -2.16. The van der Waals surface area contributed by atoms with Gasteiger partial charge in [-0.1, -0.05) is 35.3 Å². The Morgan fingerprint density at radius 3 is 1.22 bits per heavy atom. The Bertz CT molecular complexity index is 1530. The van der Waals surface area contributed by atoms with Crippen LogP contribution < -0.4 is 14.5 Å². The maximum Gasteiger partial charge on any atom is 0.267 e. The summed E-state index contributed by atoms with van der Waals surface area (Å²) in [4.78, 5) is 53.3. The number of hydrogen-bond donors (Lipinski definition) is 0. The number of fused-ring (bicyclic) bond motifs is 2. The predicted molar refractivity (Wildman–Crippen MR) is 138 cm³/mol. The van der Waals surface area contributed by atoms with Gasteiger partial charge in [-0.05, 0) is 72.8 Å². The molecule has 6 rings (SSSR count). The van der Waals surface area contributed by atoms with Gasteiger partial charge in [-0.25, -0.2) is 9.80 Å². The fraction of sp³-hybridized carbons (Fsp3) is 0. The number of anilines is 2. The molecule has 0 radical (unpaired) electrons. The topological polar surface area (TPSA) is 84.0 Å². The summed E-state index contributed by atoms with van der Waals surface area (Å²) in [5.74, 6) is -0.937. The first kappa shape index (κ1) is 23.0. The lowest BCUT2D eigenvalue weighted by atomic mass is 10.1. The molecule has 0 unspecified atom stereocenters. The Kier molecular flexibility index (Phi) is 5.33. The smallest absolute Gasteiger partial charge is 0.267 e. The van der Waals surface area contributed by atoms with Crippen molar-refractivity contribution in [3.05, 3.63) is 117 Å². The first-order valence-electron chi connectivity index (χ1n) is 11.1. The highest BCUT2D eigenvalue weighted by Crippen LogP contribution is 2.35. The summed E-state index contributed by atoms with van der Waals surface area (Å²) < 4.78 is 5.86. The highest BCUT2D eigenvalue weighted by molar-refractivity contribution is 6.43. The molecule has 0 saturated heterocycles. The summed E-state index contributed by atoms with van der Waals surface area (Å²) in [6.45, 7) is 0. The molecule has 9 heteroatoms. The second kappa shape index (κ2) is 8.58. The first-order chi connectivity index (χ1) is 17.8. The van der Waals surface area contributed by atoms with Gasteiger partial charge in [-0.2, -0.15) is 0 Å². The van der Waals surface area contributed by atoms with Crippen LogP contribution in [0.4, 0.5) is 11.4 Å². The van der Waals surface area contributed by atoms with Gasteiger partial charge in [-0.15, -0.1) is 0 Å². The second-order valence-corrected chi connectivity index (χ2v) is 9.12. The molecule has 4 aromatic rings. The van der Waals surface area contributed by atoms with Crippen LogP contribution >= 0.6 is 23.2 Å². The van der Waals surface area contributed by atoms with Crippen molar-refractivity contribution >= 4 is 58.2 Å². The third-order valence-electron chi connectivity index (χ3n) is 6.15. The van der Waals surface area contributed by atoms with Gasteiger partial charge < -0.3 is 4.74 Å². The monoisotopic (exact) mass is 528 g/mol. The number of benzene rings is 4. The second-order valence-electron chi connectivity index (χ2n) is 8.31. The van der Waals surface area contributed by atoms with E-state index in [2.05, 4.69) is 0 Å².